The molecule has 0 bridgehead atoms. The lowest BCUT2D eigenvalue weighted by atomic mass is 10.0. The van der Waals surface area contributed by atoms with Gasteiger partial charge in [0.2, 0.25) is 0 Å². The fourth-order valence-electron chi connectivity index (χ4n) is 3.70. The van der Waals surface area contributed by atoms with E-state index in [9.17, 15) is 4.79 Å². The van der Waals surface area contributed by atoms with Crippen LogP contribution in [0.15, 0.2) is 54.9 Å². The SMILES string of the molecule is Cl.Cl.NCC1CCCC1NC(=O)c1cccc(OCc2cn3ccccc3n2)c1. The van der Waals surface area contributed by atoms with Crippen LogP contribution in [0.4, 0.5) is 0 Å². The quantitative estimate of drug-likeness (QED) is 0.617. The van der Waals surface area contributed by atoms with Gasteiger partial charge in [0.25, 0.3) is 5.91 Å². The highest BCUT2D eigenvalue weighted by molar-refractivity contribution is 5.94. The second-order valence-corrected chi connectivity index (χ2v) is 7.02. The molecule has 29 heavy (non-hydrogen) atoms. The maximum absolute atomic E-state index is 12.6. The molecule has 1 saturated carbocycles. The second kappa shape index (κ2) is 10.5. The molecule has 156 valence electrons. The molecule has 1 aliphatic carbocycles. The Bertz CT molecular complexity index is 914. The molecule has 4 rings (SSSR count). The number of amides is 1. The summed E-state index contributed by atoms with van der Waals surface area (Å²) in [4.78, 5) is 17.1. The van der Waals surface area contributed by atoms with Crippen molar-refractivity contribution >= 4 is 36.4 Å². The number of halogens is 2. The summed E-state index contributed by atoms with van der Waals surface area (Å²) in [7, 11) is 0. The summed E-state index contributed by atoms with van der Waals surface area (Å²) in [6, 6.07) is 13.3. The highest BCUT2D eigenvalue weighted by Crippen LogP contribution is 2.25. The van der Waals surface area contributed by atoms with Crippen LogP contribution < -0.4 is 15.8 Å². The number of hydrogen-bond donors (Lipinski definition) is 2. The fourth-order valence-corrected chi connectivity index (χ4v) is 3.70. The molecule has 1 aliphatic rings. The highest BCUT2D eigenvalue weighted by atomic mass is 35.5. The van der Waals surface area contributed by atoms with Crippen molar-refractivity contribution in [2.75, 3.05) is 6.54 Å². The molecule has 2 heterocycles. The van der Waals surface area contributed by atoms with Gasteiger partial charge in [0.05, 0.1) is 5.69 Å². The fraction of sp³-hybridized carbons (Fsp3) is 0.333. The summed E-state index contributed by atoms with van der Waals surface area (Å²) >= 11 is 0. The average Bonchev–Trinajstić information content (AvgIpc) is 3.32. The van der Waals surface area contributed by atoms with E-state index in [1.165, 1.54) is 0 Å². The van der Waals surface area contributed by atoms with E-state index >= 15 is 0 Å². The number of rotatable bonds is 6. The Morgan fingerprint density at radius 2 is 2.07 bits per heavy atom. The van der Waals surface area contributed by atoms with Gasteiger partial charge in [-0.25, -0.2) is 4.98 Å². The van der Waals surface area contributed by atoms with Crippen molar-refractivity contribution in [3.8, 4) is 5.75 Å². The standard InChI is InChI=1S/C21H24N4O2.2ClH/c22-12-16-6-4-8-19(16)24-21(26)15-5-3-7-18(11-15)27-14-17-13-25-10-2-1-9-20(25)23-17;;/h1-3,5,7,9-11,13,16,19H,4,6,8,12,14,22H2,(H,24,26);2*1H. The highest BCUT2D eigenvalue weighted by Gasteiger charge is 2.27. The third kappa shape index (κ3) is 5.41. The first kappa shape index (κ1) is 23.0. The topological polar surface area (TPSA) is 81.6 Å². The van der Waals surface area contributed by atoms with Crippen LogP contribution in [0.25, 0.3) is 5.65 Å². The van der Waals surface area contributed by atoms with Gasteiger partial charge in [-0.15, -0.1) is 24.8 Å². The van der Waals surface area contributed by atoms with Gasteiger partial charge < -0.3 is 20.2 Å². The number of hydrogen-bond acceptors (Lipinski definition) is 4. The van der Waals surface area contributed by atoms with Crippen molar-refractivity contribution in [2.24, 2.45) is 11.7 Å². The number of carbonyl (C=O) groups excluding carboxylic acids is 1. The van der Waals surface area contributed by atoms with Crippen molar-refractivity contribution in [1.82, 2.24) is 14.7 Å². The van der Waals surface area contributed by atoms with Crippen LogP contribution in [-0.2, 0) is 6.61 Å². The first-order chi connectivity index (χ1) is 13.2. The number of ether oxygens (including phenoxy) is 1. The largest absolute Gasteiger partial charge is 0.487 e. The molecule has 0 saturated heterocycles. The Hall–Kier alpha value is -2.28. The molecule has 1 fully saturated rings. The molecule has 1 amide bonds. The molecule has 8 heteroatoms. The maximum Gasteiger partial charge on any atom is 0.251 e. The molecule has 1 aromatic carbocycles. The first-order valence-corrected chi connectivity index (χ1v) is 9.39. The van der Waals surface area contributed by atoms with Crippen LogP contribution in [-0.4, -0.2) is 27.9 Å². The summed E-state index contributed by atoms with van der Waals surface area (Å²) in [5, 5.41) is 3.12. The van der Waals surface area contributed by atoms with Gasteiger partial charge in [-0.3, -0.25) is 4.79 Å². The van der Waals surface area contributed by atoms with Crippen molar-refractivity contribution in [1.29, 1.82) is 0 Å². The normalized spacial score (nSPS) is 18.0. The van der Waals surface area contributed by atoms with E-state index in [1.807, 2.05) is 47.1 Å². The monoisotopic (exact) mass is 436 g/mol. The average molecular weight is 437 g/mol. The maximum atomic E-state index is 12.6. The van der Waals surface area contributed by atoms with Gasteiger partial charge in [-0.1, -0.05) is 18.6 Å². The zero-order chi connectivity index (χ0) is 18.6. The third-order valence-electron chi connectivity index (χ3n) is 5.18. The smallest absolute Gasteiger partial charge is 0.251 e. The van der Waals surface area contributed by atoms with E-state index in [-0.39, 0.29) is 36.8 Å². The van der Waals surface area contributed by atoms with E-state index in [2.05, 4.69) is 10.3 Å². The van der Waals surface area contributed by atoms with Crippen LogP contribution in [0.1, 0.15) is 35.3 Å². The van der Waals surface area contributed by atoms with Crippen molar-refractivity contribution in [3.05, 3.63) is 66.1 Å². The molecule has 3 aromatic rings. The van der Waals surface area contributed by atoms with Crippen LogP contribution in [0.2, 0.25) is 0 Å². The molecule has 3 N–H and O–H groups in total. The lowest BCUT2D eigenvalue weighted by Crippen LogP contribution is -2.39. The number of imidazole rings is 1. The molecular formula is C21H26Cl2N4O2. The van der Waals surface area contributed by atoms with E-state index in [1.54, 1.807) is 12.1 Å². The van der Waals surface area contributed by atoms with Crippen LogP contribution in [0.5, 0.6) is 5.75 Å². The summed E-state index contributed by atoms with van der Waals surface area (Å²) in [6.45, 7) is 0.970. The number of pyridine rings is 1. The van der Waals surface area contributed by atoms with Crippen LogP contribution >= 0.6 is 24.8 Å². The van der Waals surface area contributed by atoms with Gasteiger partial charge in [0.1, 0.15) is 18.0 Å². The number of nitrogens with zero attached hydrogens (tertiary/aromatic N) is 2. The van der Waals surface area contributed by atoms with Gasteiger partial charge in [-0.05, 0) is 55.6 Å². The third-order valence-corrected chi connectivity index (χ3v) is 5.18. The Balaban J connectivity index is 0.00000150. The Labute approximate surface area is 182 Å². The number of fused-ring (bicyclic) bond motifs is 1. The van der Waals surface area contributed by atoms with Gasteiger partial charge in [-0.2, -0.15) is 0 Å². The molecule has 2 atom stereocenters. The van der Waals surface area contributed by atoms with E-state index in [4.69, 9.17) is 10.5 Å². The van der Waals surface area contributed by atoms with E-state index < -0.39 is 0 Å². The summed E-state index contributed by atoms with van der Waals surface area (Å²) in [5.41, 5.74) is 8.13. The molecule has 6 nitrogen and oxygen atoms in total. The molecule has 0 aliphatic heterocycles. The number of nitrogens with two attached hydrogens (primary N) is 1. The molecule has 2 unspecified atom stereocenters. The first-order valence-electron chi connectivity index (χ1n) is 9.39. The molecular weight excluding hydrogens is 411 g/mol. The number of aromatic nitrogens is 2. The van der Waals surface area contributed by atoms with Gasteiger partial charge in [0.15, 0.2) is 0 Å². The lowest BCUT2D eigenvalue weighted by molar-refractivity contribution is 0.0928. The summed E-state index contributed by atoms with van der Waals surface area (Å²) < 4.78 is 7.81. The second-order valence-electron chi connectivity index (χ2n) is 7.02. The van der Waals surface area contributed by atoms with E-state index in [0.29, 0.717) is 30.4 Å². The summed E-state index contributed by atoms with van der Waals surface area (Å²) in [5.74, 6) is 0.962. The number of benzene rings is 1. The molecule has 0 radical (unpaired) electrons. The van der Waals surface area contributed by atoms with Gasteiger partial charge >= 0.3 is 0 Å². The Morgan fingerprint density at radius 1 is 1.21 bits per heavy atom. The molecule has 0 spiro atoms. The van der Waals surface area contributed by atoms with Crippen molar-refractivity contribution < 1.29 is 9.53 Å². The lowest BCUT2D eigenvalue weighted by Gasteiger charge is -2.19. The number of carbonyl (C=O) groups is 1. The molecule has 2 aromatic heterocycles. The minimum Gasteiger partial charge on any atom is -0.487 e. The zero-order valence-corrected chi connectivity index (χ0v) is 17.6. The predicted molar refractivity (Wildman–Crippen MR) is 118 cm³/mol. The number of nitrogens with one attached hydrogen (secondary N) is 1. The van der Waals surface area contributed by atoms with Crippen molar-refractivity contribution in [2.45, 2.75) is 31.9 Å². The van der Waals surface area contributed by atoms with E-state index in [0.717, 1.165) is 30.6 Å². The van der Waals surface area contributed by atoms with Crippen LogP contribution in [0, 0.1) is 5.92 Å². The van der Waals surface area contributed by atoms with Gasteiger partial charge in [0, 0.05) is 24.0 Å². The summed E-state index contributed by atoms with van der Waals surface area (Å²) in [6.07, 6.45) is 7.10. The minimum atomic E-state index is -0.0708. The minimum absolute atomic E-state index is 0. The predicted octanol–water partition coefficient (Wildman–Crippen LogP) is 3.61. The van der Waals surface area contributed by atoms with Crippen molar-refractivity contribution in [3.63, 3.8) is 0 Å². The van der Waals surface area contributed by atoms with Crippen LogP contribution in [0.3, 0.4) is 0 Å². The Morgan fingerprint density at radius 3 is 2.86 bits per heavy atom. The zero-order valence-electron chi connectivity index (χ0n) is 16.0. The Kier molecular flexibility index (Phi) is 8.32.